The van der Waals surface area contributed by atoms with Gasteiger partial charge in [-0.05, 0) is 12.8 Å². The van der Waals surface area contributed by atoms with E-state index in [1.54, 1.807) is 7.11 Å². The van der Waals surface area contributed by atoms with E-state index in [0.29, 0.717) is 13.0 Å². The molecule has 0 amide bonds. The van der Waals surface area contributed by atoms with Crippen molar-refractivity contribution in [2.24, 2.45) is 0 Å². The zero-order valence-corrected chi connectivity index (χ0v) is 5.63. The van der Waals surface area contributed by atoms with Gasteiger partial charge in [0.15, 0.2) is 0 Å². The third kappa shape index (κ3) is 5.35. The summed E-state index contributed by atoms with van der Waals surface area (Å²) in [4.78, 5) is 0. The summed E-state index contributed by atoms with van der Waals surface area (Å²) in [6, 6.07) is 0. The van der Waals surface area contributed by atoms with Crippen LogP contribution in [0, 0.1) is 12.3 Å². The number of hydrogen-bond donors (Lipinski definition) is 1. The molecule has 0 aliphatic heterocycles. The van der Waals surface area contributed by atoms with Crippen LogP contribution < -0.4 is 0 Å². The van der Waals surface area contributed by atoms with E-state index in [9.17, 15) is 0 Å². The molecule has 0 radical (unpaired) electrons. The van der Waals surface area contributed by atoms with Crippen molar-refractivity contribution in [3.63, 3.8) is 0 Å². The van der Waals surface area contributed by atoms with Crippen LogP contribution in [0.5, 0.6) is 0 Å². The summed E-state index contributed by atoms with van der Waals surface area (Å²) in [6.07, 6.45) is 5.77. The van der Waals surface area contributed by atoms with Gasteiger partial charge in [0.2, 0.25) is 0 Å². The van der Waals surface area contributed by atoms with E-state index in [4.69, 9.17) is 16.3 Å². The van der Waals surface area contributed by atoms with Crippen molar-refractivity contribution in [2.75, 3.05) is 13.7 Å². The molecule has 0 fully saturated rings. The van der Waals surface area contributed by atoms with Crippen molar-refractivity contribution in [2.45, 2.75) is 18.9 Å². The number of terminal acetylenes is 1. The molecule has 0 aliphatic carbocycles. The quantitative estimate of drug-likeness (QED) is 0.439. The molecule has 2 nitrogen and oxygen atoms in total. The predicted octanol–water partition coefficient (Wildman–Crippen LogP) is 0.407. The van der Waals surface area contributed by atoms with Crippen LogP contribution >= 0.6 is 0 Å². The topological polar surface area (TPSA) is 29.5 Å². The summed E-state index contributed by atoms with van der Waals surface area (Å²) in [5, 5.41) is 8.79. The molecule has 0 aromatic heterocycles. The summed E-state index contributed by atoms with van der Waals surface area (Å²) in [7, 11) is 1.63. The molecule has 1 N–H and O–H groups in total. The van der Waals surface area contributed by atoms with Gasteiger partial charge in [-0.3, -0.25) is 0 Å². The SMILES string of the molecule is C#CC(O)CCCOC. The van der Waals surface area contributed by atoms with Gasteiger partial charge >= 0.3 is 0 Å². The molecule has 0 aliphatic rings. The first-order valence-electron chi connectivity index (χ1n) is 2.94. The number of ether oxygens (including phenoxy) is 1. The number of rotatable bonds is 4. The van der Waals surface area contributed by atoms with Crippen LogP contribution in [0.25, 0.3) is 0 Å². The van der Waals surface area contributed by atoms with Crippen molar-refractivity contribution in [1.29, 1.82) is 0 Å². The lowest BCUT2D eigenvalue weighted by Gasteiger charge is -2.00. The van der Waals surface area contributed by atoms with E-state index in [-0.39, 0.29) is 0 Å². The Morgan fingerprint density at radius 2 is 2.44 bits per heavy atom. The molecule has 0 bridgehead atoms. The normalized spacial score (nSPS) is 12.6. The Bertz CT molecular complexity index is 93.6. The molecule has 0 heterocycles. The Hall–Kier alpha value is -0.520. The molecular weight excluding hydrogens is 116 g/mol. The number of aliphatic hydroxyl groups excluding tert-OH is 1. The molecule has 1 unspecified atom stereocenters. The molecule has 9 heavy (non-hydrogen) atoms. The Kier molecular flexibility index (Phi) is 5.29. The fourth-order valence-electron chi connectivity index (χ4n) is 0.504. The van der Waals surface area contributed by atoms with Crippen molar-refractivity contribution in [3.8, 4) is 12.3 Å². The van der Waals surface area contributed by atoms with E-state index < -0.39 is 6.10 Å². The van der Waals surface area contributed by atoms with Crippen LogP contribution in [0.4, 0.5) is 0 Å². The van der Waals surface area contributed by atoms with Crippen molar-refractivity contribution >= 4 is 0 Å². The fourth-order valence-corrected chi connectivity index (χ4v) is 0.504. The van der Waals surface area contributed by atoms with Gasteiger partial charge in [-0.15, -0.1) is 6.42 Å². The molecule has 0 spiro atoms. The Morgan fingerprint density at radius 1 is 1.78 bits per heavy atom. The number of aliphatic hydroxyl groups is 1. The standard InChI is InChI=1S/C7H12O2/c1-3-7(8)5-4-6-9-2/h1,7-8H,4-6H2,2H3. The zero-order valence-electron chi connectivity index (χ0n) is 5.63. The minimum absolute atomic E-state index is 0.597. The Morgan fingerprint density at radius 3 is 2.89 bits per heavy atom. The van der Waals surface area contributed by atoms with Gasteiger partial charge in [-0.1, -0.05) is 5.92 Å². The average molecular weight is 128 g/mol. The summed E-state index contributed by atoms with van der Waals surface area (Å²) >= 11 is 0. The molecule has 0 rings (SSSR count). The van der Waals surface area contributed by atoms with Crippen LogP contribution in [0.1, 0.15) is 12.8 Å². The molecule has 0 saturated heterocycles. The third-order valence-electron chi connectivity index (χ3n) is 1.02. The molecule has 0 aromatic rings. The van der Waals surface area contributed by atoms with E-state index in [2.05, 4.69) is 5.92 Å². The predicted molar refractivity (Wildman–Crippen MR) is 35.9 cm³/mol. The second-order valence-electron chi connectivity index (χ2n) is 1.82. The Labute approximate surface area is 55.8 Å². The second kappa shape index (κ2) is 5.61. The highest BCUT2D eigenvalue weighted by Gasteiger charge is 1.95. The van der Waals surface area contributed by atoms with Crippen LogP contribution in [0.2, 0.25) is 0 Å². The molecule has 2 heteroatoms. The number of hydrogen-bond acceptors (Lipinski definition) is 2. The summed E-state index contributed by atoms with van der Waals surface area (Å²) in [6.45, 7) is 0.665. The molecule has 0 saturated carbocycles. The van der Waals surface area contributed by atoms with Gasteiger partial charge < -0.3 is 9.84 Å². The minimum Gasteiger partial charge on any atom is -0.385 e. The van der Waals surface area contributed by atoms with Crippen molar-refractivity contribution in [1.82, 2.24) is 0 Å². The Balaban J connectivity index is 2.99. The van der Waals surface area contributed by atoms with E-state index in [1.807, 2.05) is 0 Å². The monoisotopic (exact) mass is 128 g/mol. The van der Waals surface area contributed by atoms with Gasteiger partial charge in [0, 0.05) is 13.7 Å². The van der Waals surface area contributed by atoms with E-state index in [0.717, 1.165) is 6.42 Å². The van der Waals surface area contributed by atoms with Crippen molar-refractivity contribution < 1.29 is 9.84 Å². The summed E-state index contributed by atoms with van der Waals surface area (Å²) in [5.41, 5.74) is 0. The zero-order chi connectivity index (χ0) is 7.11. The summed E-state index contributed by atoms with van der Waals surface area (Å²) in [5.74, 6) is 2.22. The highest BCUT2D eigenvalue weighted by atomic mass is 16.5. The lowest BCUT2D eigenvalue weighted by Crippen LogP contribution is -2.03. The molecular formula is C7H12O2. The first kappa shape index (κ1) is 8.48. The lowest BCUT2D eigenvalue weighted by atomic mass is 10.2. The maximum Gasteiger partial charge on any atom is 0.114 e. The average Bonchev–Trinajstić information content (AvgIpc) is 1.89. The minimum atomic E-state index is -0.597. The maximum absolute atomic E-state index is 8.79. The molecule has 0 aromatic carbocycles. The fraction of sp³-hybridized carbons (Fsp3) is 0.714. The lowest BCUT2D eigenvalue weighted by molar-refractivity contribution is 0.164. The van der Waals surface area contributed by atoms with Crippen LogP contribution in [-0.2, 0) is 4.74 Å². The van der Waals surface area contributed by atoms with Gasteiger partial charge in [0.05, 0.1) is 0 Å². The highest BCUT2D eigenvalue weighted by Crippen LogP contribution is 1.94. The van der Waals surface area contributed by atoms with Crippen LogP contribution in [-0.4, -0.2) is 24.9 Å². The second-order valence-corrected chi connectivity index (χ2v) is 1.82. The van der Waals surface area contributed by atoms with Gasteiger partial charge in [0.1, 0.15) is 6.10 Å². The van der Waals surface area contributed by atoms with Gasteiger partial charge in [-0.25, -0.2) is 0 Å². The van der Waals surface area contributed by atoms with Crippen LogP contribution in [0.3, 0.4) is 0 Å². The summed E-state index contributed by atoms with van der Waals surface area (Å²) < 4.78 is 4.76. The smallest absolute Gasteiger partial charge is 0.114 e. The van der Waals surface area contributed by atoms with Gasteiger partial charge in [0.25, 0.3) is 0 Å². The van der Waals surface area contributed by atoms with E-state index >= 15 is 0 Å². The first-order chi connectivity index (χ1) is 4.31. The largest absolute Gasteiger partial charge is 0.385 e. The maximum atomic E-state index is 8.79. The highest BCUT2D eigenvalue weighted by molar-refractivity contribution is 4.92. The number of methoxy groups -OCH3 is 1. The van der Waals surface area contributed by atoms with Gasteiger partial charge in [-0.2, -0.15) is 0 Å². The molecule has 52 valence electrons. The molecule has 1 atom stereocenters. The van der Waals surface area contributed by atoms with Crippen molar-refractivity contribution in [3.05, 3.63) is 0 Å². The third-order valence-corrected chi connectivity index (χ3v) is 1.02. The van der Waals surface area contributed by atoms with E-state index in [1.165, 1.54) is 0 Å². The first-order valence-corrected chi connectivity index (χ1v) is 2.94. The van der Waals surface area contributed by atoms with Crippen LogP contribution in [0.15, 0.2) is 0 Å².